The van der Waals surface area contributed by atoms with Gasteiger partial charge >= 0.3 is 0 Å². The smallest absolute Gasteiger partial charge is 0.0313 e. The standard InChI is InChI=1S/C10H14N/c1-9(11(2)3)10-7-5-4-6-8-10/h5-9H,1-3H3/t9-/m1/s1. The van der Waals surface area contributed by atoms with Crippen LogP contribution >= 0.6 is 0 Å². The average molecular weight is 148 g/mol. The molecule has 0 fully saturated rings. The lowest BCUT2D eigenvalue weighted by Gasteiger charge is -2.19. The fourth-order valence-corrected chi connectivity index (χ4v) is 0.976. The van der Waals surface area contributed by atoms with Gasteiger partial charge in [-0.05, 0) is 32.6 Å². The van der Waals surface area contributed by atoms with E-state index in [-0.39, 0.29) is 0 Å². The number of benzene rings is 1. The Hall–Kier alpha value is -0.820. The van der Waals surface area contributed by atoms with Gasteiger partial charge in [-0.15, -0.1) is 0 Å². The maximum Gasteiger partial charge on any atom is 0.0313 e. The lowest BCUT2D eigenvalue weighted by atomic mass is 10.1. The van der Waals surface area contributed by atoms with Crippen molar-refractivity contribution in [2.24, 2.45) is 0 Å². The highest BCUT2D eigenvalue weighted by Crippen LogP contribution is 2.15. The molecule has 0 saturated carbocycles. The van der Waals surface area contributed by atoms with E-state index in [0.29, 0.717) is 6.04 Å². The van der Waals surface area contributed by atoms with Crippen LogP contribution in [0, 0.1) is 6.07 Å². The lowest BCUT2D eigenvalue weighted by Crippen LogP contribution is -2.16. The van der Waals surface area contributed by atoms with E-state index in [4.69, 9.17) is 0 Å². The summed E-state index contributed by atoms with van der Waals surface area (Å²) in [6, 6.07) is 11.6. The van der Waals surface area contributed by atoms with E-state index in [9.17, 15) is 0 Å². The van der Waals surface area contributed by atoms with Gasteiger partial charge in [-0.1, -0.05) is 24.3 Å². The van der Waals surface area contributed by atoms with Gasteiger partial charge in [0.25, 0.3) is 0 Å². The van der Waals surface area contributed by atoms with E-state index in [2.05, 4.69) is 44.1 Å². The predicted molar refractivity (Wildman–Crippen MR) is 47.4 cm³/mol. The van der Waals surface area contributed by atoms with Crippen molar-refractivity contribution >= 4 is 0 Å². The van der Waals surface area contributed by atoms with E-state index in [0.717, 1.165) is 0 Å². The quantitative estimate of drug-likeness (QED) is 0.621. The second-order valence-corrected chi connectivity index (χ2v) is 2.97. The second kappa shape index (κ2) is 3.54. The predicted octanol–water partition coefficient (Wildman–Crippen LogP) is 2.11. The van der Waals surface area contributed by atoms with Crippen LogP contribution in [0.25, 0.3) is 0 Å². The van der Waals surface area contributed by atoms with Crippen molar-refractivity contribution in [3.05, 3.63) is 35.9 Å². The third-order valence-electron chi connectivity index (χ3n) is 2.00. The van der Waals surface area contributed by atoms with Gasteiger partial charge in [-0.2, -0.15) is 0 Å². The van der Waals surface area contributed by atoms with Gasteiger partial charge < -0.3 is 4.90 Å². The summed E-state index contributed by atoms with van der Waals surface area (Å²) in [5, 5.41) is 0. The molecule has 1 radical (unpaired) electrons. The number of nitrogens with zero attached hydrogens (tertiary/aromatic N) is 1. The minimum atomic E-state index is 0.490. The second-order valence-electron chi connectivity index (χ2n) is 2.97. The summed E-state index contributed by atoms with van der Waals surface area (Å²) in [7, 11) is 4.17. The first-order valence-electron chi connectivity index (χ1n) is 3.84. The van der Waals surface area contributed by atoms with Crippen LogP contribution in [-0.4, -0.2) is 19.0 Å². The van der Waals surface area contributed by atoms with Crippen LogP contribution in [0.15, 0.2) is 24.3 Å². The van der Waals surface area contributed by atoms with Gasteiger partial charge in [0.1, 0.15) is 0 Å². The van der Waals surface area contributed by atoms with E-state index in [1.165, 1.54) is 5.56 Å². The van der Waals surface area contributed by atoms with Crippen LogP contribution in [0.1, 0.15) is 18.5 Å². The summed E-state index contributed by atoms with van der Waals surface area (Å²) in [5.74, 6) is 0. The molecule has 0 aromatic heterocycles. The zero-order valence-corrected chi connectivity index (χ0v) is 7.33. The van der Waals surface area contributed by atoms with Gasteiger partial charge in [-0.3, -0.25) is 0 Å². The summed E-state index contributed by atoms with van der Waals surface area (Å²) in [4.78, 5) is 2.19. The Balaban J connectivity index is 2.77. The van der Waals surface area contributed by atoms with Crippen molar-refractivity contribution in [3.8, 4) is 0 Å². The molecule has 0 N–H and O–H groups in total. The Morgan fingerprint density at radius 3 is 2.27 bits per heavy atom. The molecule has 0 aliphatic rings. The molecule has 0 aliphatic carbocycles. The molecule has 0 aliphatic heterocycles. The normalized spacial score (nSPS) is 13.5. The topological polar surface area (TPSA) is 3.24 Å². The Morgan fingerprint density at radius 2 is 1.82 bits per heavy atom. The zero-order valence-electron chi connectivity index (χ0n) is 7.33. The SMILES string of the molecule is C[C@H](c1cc[c]cc1)N(C)C. The van der Waals surface area contributed by atoms with Crippen molar-refractivity contribution in [3.63, 3.8) is 0 Å². The molecule has 1 nitrogen and oxygen atoms in total. The minimum absolute atomic E-state index is 0.490. The molecule has 1 rings (SSSR count). The van der Waals surface area contributed by atoms with Crippen LogP contribution in [0.2, 0.25) is 0 Å². The molecule has 0 heterocycles. The van der Waals surface area contributed by atoms with Crippen LogP contribution in [-0.2, 0) is 0 Å². The number of rotatable bonds is 2. The summed E-state index contributed by atoms with van der Waals surface area (Å²) in [6.07, 6.45) is 0. The zero-order chi connectivity index (χ0) is 8.27. The summed E-state index contributed by atoms with van der Waals surface area (Å²) < 4.78 is 0. The maximum atomic E-state index is 3.01. The maximum absolute atomic E-state index is 3.01. The summed E-state index contributed by atoms with van der Waals surface area (Å²) in [5.41, 5.74) is 1.34. The molecule has 0 saturated heterocycles. The molecule has 0 unspecified atom stereocenters. The van der Waals surface area contributed by atoms with Crippen molar-refractivity contribution in [2.45, 2.75) is 13.0 Å². The highest BCUT2D eigenvalue weighted by atomic mass is 15.1. The molecule has 0 bridgehead atoms. The Kier molecular flexibility index (Phi) is 2.66. The Labute approximate surface area is 68.7 Å². The molecule has 11 heavy (non-hydrogen) atoms. The summed E-state index contributed by atoms with van der Waals surface area (Å²) >= 11 is 0. The van der Waals surface area contributed by atoms with Crippen molar-refractivity contribution in [1.29, 1.82) is 0 Å². The molecule has 0 spiro atoms. The van der Waals surface area contributed by atoms with E-state index < -0.39 is 0 Å². The first kappa shape index (κ1) is 8.28. The number of hydrogen-bond acceptors (Lipinski definition) is 1. The Morgan fingerprint density at radius 1 is 1.27 bits per heavy atom. The first-order chi connectivity index (χ1) is 5.22. The molecule has 1 aromatic carbocycles. The van der Waals surface area contributed by atoms with E-state index in [1.54, 1.807) is 0 Å². The first-order valence-corrected chi connectivity index (χ1v) is 3.84. The van der Waals surface area contributed by atoms with Crippen molar-refractivity contribution in [1.82, 2.24) is 4.90 Å². The fraction of sp³-hybridized carbons (Fsp3) is 0.400. The third kappa shape index (κ3) is 2.05. The van der Waals surface area contributed by atoms with E-state index in [1.807, 2.05) is 12.1 Å². The minimum Gasteiger partial charge on any atom is -0.303 e. The monoisotopic (exact) mass is 148 g/mol. The third-order valence-corrected chi connectivity index (χ3v) is 2.00. The van der Waals surface area contributed by atoms with Crippen LogP contribution in [0.5, 0.6) is 0 Å². The van der Waals surface area contributed by atoms with Crippen molar-refractivity contribution < 1.29 is 0 Å². The Bertz CT molecular complexity index is 203. The van der Waals surface area contributed by atoms with Gasteiger partial charge in [0.05, 0.1) is 0 Å². The van der Waals surface area contributed by atoms with Crippen molar-refractivity contribution in [2.75, 3.05) is 14.1 Å². The average Bonchev–Trinajstić information content (AvgIpc) is 2.05. The molecule has 59 valence electrons. The number of hydrogen-bond donors (Lipinski definition) is 0. The van der Waals surface area contributed by atoms with Gasteiger partial charge in [0, 0.05) is 6.04 Å². The molecule has 1 aromatic rings. The highest BCUT2D eigenvalue weighted by Gasteiger charge is 2.04. The molecule has 1 atom stereocenters. The van der Waals surface area contributed by atoms with Gasteiger partial charge in [0.15, 0.2) is 0 Å². The largest absolute Gasteiger partial charge is 0.303 e. The molecular weight excluding hydrogens is 134 g/mol. The van der Waals surface area contributed by atoms with Crippen LogP contribution in [0.4, 0.5) is 0 Å². The van der Waals surface area contributed by atoms with E-state index >= 15 is 0 Å². The molecule has 0 amide bonds. The lowest BCUT2D eigenvalue weighted by molar-refractivity contribution is 0.321. The molecule has 1 heteroatoms. The van der Waals surface area contributed by atoms with Crippen LogP contribution < -0.4 is 0 Å². The fourth-order valence-electron chi connectivity index (χ4n) is 0.976. The summed E-state index contributed by atoms with van der Waals surface area (Å²) in [6.45, 7) is 2.19. The van der Waals surface area contributed by atoms with Crippen LogP contribution in [0.3, 0.4) is 0 Å². The van der Waals surface area contributed by atoms with Gasteiger partial charge in [0.2, 0.25) is 0 Å². The highest BCUT2D eigenvalue weighted by molar-refractivity contribution is 5.17. The van der Waals surface area contributed by atoms with Gasteiger partial charge in [-0.25, -0.2) is 0 Å². The molecular formula is C10H14N.